The van der Waals surface area contributed by atoms with Gasteiger partial charge in [-0.3, -0.25) is 14.7 Å². The van der Waals surface area contributed by atoms with Gasteiger partial charge in [-0.25, -0.2) is 4.98 Å². The Labute approximate surface area is 132 Å². The summed E-state index contributed by atoms with van der Waals surface area (Å²) in [4.78, 5) is 21.9. The third-order valence-corrected chi connectivity index (χ3v) is 4.65. The molecule has 2 heterocycles. The molecular weight excluding hydrogens is 280 g/mol. The Morgan fingerprint density at radius 1 is 1.27 bits per heavy atom. The van der Waals surface area contributed by atoms with Gasteiger partial charge in [0.25, 0.3) is 6.47 Å². The van der Waals surface area contributed by atoms with E-state index in [1.54, 1.807) is 12.4 Å². The zero-order valence-electron chi connectivity index (χ0n) is 13.5. The molecular formula is C16H26N4O2. The number of carbonyl (C=O) groups is 1. The first-order chi connectivity index (χ1) is 10.6. The summed E-state index contributed by atoms with van der Waals surface area (Å²) in [7, 11) is 0. The van der Waals surface area contributed by atoms with Gasteiger partial charge in [0.15, 0.2) is 0 Å². The summed E-state index contributed by atoms with van der Waals surface area (Å²) >= 11 is 0. The maximum absolute atomic E-state index is 8.36. The molecule has 3 rings (SSSR count). The van der Waals surface area contributed by atoms with E-state index in [4.69, 9.17) is 9.90 Å². The van der Waals surface area contributed by atoms with E-state index in [9.17, 15) is 0 Å². The van der Waals surface area contributed by atoms with Crippen LogP contribution >= 0.6 is 0 Å². The Bertz CT molecular complexity index is 458. The van der Waals surface area contributed by atoms with Crippen molar-refractivity contribution >= 4 is 12.3 Å². The van der Waals surface area contributed by atoms with Crippen LogP contribution in [0.4, 0.5) is 5.82 Å². The minimum atomic E-state index is -0.250. The maximum atomic E-state index is 8.36. The molecule has 1 atom stereocenters. The van der Waals surface area contributed by atoms with Crippen LogP contribution in [0.2, 0.25) is 0 Å². The zero-order chi connectivity index (χ0) is 16.0. The van der Waals surface area contributed by atoms with Crippen molar-refractivity contribution in [3.63, 3.8) is 0 Å². The molecule has 1 aliphatic heterocycles. The van der Waals surface area contributed by atoms with Gasteiger partial charge < -0.3 is 10.0 Å². The van der Waals surface area contributed by atoms with E-state index in [1.807, 2.05) is 6.20 Å². The van der Waals surface area contributed by atoms with Crippen molar-refractivity contribution in [2.75, 3.05) is 31.1 Å². The summed E-state index contributed by atoms with van der Waals surface area (Å²) in [5.41, 5.74) is 0.548. The van der Waals surface area contributed by atoms with Crippen LogP contribution < -0.4 is 4.90 Å². The predicted molar refractivity (Wildman–Crippen MR) is 85.9 cm³/mol. The quantitative estimate of drug-likeness (QED) is 0.841. The van der Waals surface area contributed by atoms with Crippen molar-refractivity contribution in [3.8, 4) is 0 Å². The van der Waals surface area contributed by atoms with Crippen molar-refractivity contribution in [2.24, 2.45) is 5.41 Å². The predicted octanol–water partition coefficient (Wildman–Crippen LogP) is 1.88. The fourth-order valence-electron chi connectivity index (χ4n) is 3.48. The molecule has 1 saturated carbocycles. The molecule has 6 heteroatoms. The van der Waals surface area contributed by atoms with E-state index >= 15 is 0 Å². The third kappa shape index (κ3) is 4.40. The van der Waals surface area contributed by atoms with Crippen molar-refractivity contribution in [2.45, 2.75) is 39.2 Å². The van der Waals surface area contributed by atoms with Gasteiger partial charge in [0.05, 0.1) is 6.20 Å². The summed E-state index contributed by atoms with van der Waals surface area (Å²) in [6.07, 6.45) is 9.49. The van der Waals surface area contributed by atoms with E-state index in [2.05, 4.69) is 33.6 Å². The minimum Gasteiger partial charge on any atom is -0.483 e. The molecule has 0 aromatic carbocycles. The van der Waals surface area contributed by atoms with E-state index in [0.29, 0.717) is 5.41 Å². The monoisotopic (exact) mass is 306 g/mol. The molecule has 2 aliphatic rings. The summed E-state index contributed by atoms with van der Waals surface area (Å²) in [6.45, 7) is 9.05. The number of nitrogens with zero attached hydrogens (tertiary/aromatic N) is 4. The Hall–Kier alpha value is -1.69. The normalized spacial score (nSPS) is 24.5. The smallest absolute Gasteiger partial charge is 0.290 e. The number of hydrogen-bond acceptors (Lipinski definition) is 5. The number of aromatic nitrogens is 2. The van der Waals surface area contributed by atoms with Crippen LogP contribution in [0.5, 0.6) is 0 Å². The van der Waals surface area contributed by atoms with Crippen LogP contribution in [0.25, 0.3) is 0 Å². The highest BCUT2D eigenvalue weighted by atomic mass is 16.3. The number of carboxylic acid groups (broad SMARTS) is 1. The minimum absolute atomic E-state index is 0.250. The average Bonchev–Trinajstić information content (AvgIpc) is 2.89. The first-order valence-corrected chi connectivity index (χ1v) is 7.88. The number of piperazine rings is 1. The Morgan fingerprint density at radius 3 is 2.45 bits per heavy atom. The second kappa shape index (κ2) is 7.54. The lowest BCUT2D eigenvalue weighted by Crippen LogP contribution is -2.50. The largest absolute Gasteiger partial charge is 0.483 e. The highest BCUT2D eigenvalue weighted by molar-refractivity contribution is 5.35. The van der Waals surface area contributed by atoms with Gasteiger partial charge in [0.1, 0.15) is 5.82 Å². The first-order valence-electron chi connectivity index (χ1n) is 7.88. The SMILES string of the molecule is CC1(C)CCC(N2CCN(c3cnccn3)CC2)C1.O=CO. The molecule has 1 aromatic rings. The van der Waals surface area contributed by atoms with Crippen LogP contribution in [-0.4, -0.2) is 58.7 Å². The van der Waals surface area contributed by atoms with Crippen molar-refractivity contribution in [1.29, 1.82) is 0 Å². The molecule has 0 bridgehead atoms. The molecule has 122 valence electrons. The van der Waals surface area contributed by atoms with Gasteiger partial charge in [0.2, 0.25) is 0 Å². The summed E-state index contributed by atoms with van der Waals surface area (Å²) in [5, 5.41) is 6.89. The molecule has 1 unspecified atom stereocenters. The second-order valence-corrected chi connectivity index (χ2v) is 6.75. The first kappa shape index (κ1) is 16.7. The molecule has 1 saturated heterocycles. The van der Waals surface area contributed by atoms with Crippen LogP contribution in [0.3, 0.4) is 0 Å². The molecule has 2 fully saturated rings. The van der Waals surface area contributed by atoms with Crippen molar-refractivity contribution < 1.29 is 9.90 Å². The van der Waals surface area contributed by atoms with Gasteiger partial charge in [0, 0.05) is 44.6 Å². The summed E-state index contributed by atoms with van der Waals surface area (Å²) in [5.74, 6) is 1.02. The second-order valence-electron chi connectivity index (χ2n) is 6.75. The Kier molecular flexibility index (Phi) is 5.71. The molecule has 6 nitrogen and oxygen atoms in total. The van der Waals surface area contributed by atoms with Gasteiger partial charge >= 0.3 is 0 Å². The lowest BCUT2D eigenvalue weighted by Gasteiger charge is -2.38. The van der Waals surface area contributed by atoms with Crippen LogP contribution in [-0.2, 0) is 4.79 Å². The zero-order valence-corrected chi connectivity index (χ0v) is 13.5. The molecule has 0 amide bonds. The Balaban J connectivity index is 0.000000545. The molecule has 1 aromatic heterocycles. The van der Waals surface area contributed by atoms with Crippen molar-refractivity contribution in [3.05, 3.63) is 18.6 Å². The van der Waals surface area contributed by atoms with Gasteiger partial charge in [-0.15, -0.1) is 0 Å². The van der Waals surface area contributed by atoms with Crippen molar-refractivity contribution in [1.82, 2.24) is 14.9 Å². The molecule has 0 spiro atoms. The fraction of sp³-hybridized carbons (Fsp3) is 0.688. The third-order valence-electron chi connectivity index (χ3n) is 4.65. The lowest BCUT2D eigenvalue weighted by atomic mass is 9.91. The van der Waals surface area contributed by atoms with E-state index < -0.39 is 0 Å². The standard InChI is InChI=1S/C15H24N4.CH2O2/c1-15(2)4-3-13(11-15)18-7-9-19(10-8-18)14-12-16-5-6-17-14;2-1-3/h5-6,12-13H,3-4,7-11H2,1-2H3;1H,(H,2,3). The van der Waals surface area contributed by atoms with E-state index in [-0.39, 0.29) is 6.47 Å². The maximum Gasteiger partial charge on any atom is 0.290 e. The molecule has 0 radical (unpaired) electrons. The van der Waals surface area contributed by atoms with Gasteiger partial charge in [-0.05, 0) is 24.7 Å². The topological polar surface area (TPSA) is 69.6 Å². The van der Waals surface area contributed by atoms with Gasteiger partial charge in [-0.1, -0.05) is 13.8 Å². The number of anilines is 1. The Morgan fingerprint density at radius 2 is 1.95 bits per heavy atom. The number of hydrogen-bond donors (Lipinski definition) is 1. The molecule has 22 heavy (non-hydrogen) atoms. The highest BCUT2D eigenvalue weighted by Crippen LogP contribution is 2.39. The van der Waals surface area contributed by atoms with Crippen LogP contribution in [0.1, 0.15) is 33.1 Å². The summed E-state index contributed by atoms with van der Waals surface area (Å²) in [6, 6.07) is 0.805. The van der Waals surface area contributed by atoms with Crippen LogP contribution in [0.15, 0.2) is 18.6 Å². The average molecular weight is 306 g/mol. The van der Waals surface area contributed by atoms with E-state index in [0.717, 1.165) is 38.0 Å². The lowest BCUT2D eigenvalue weighted by molar-refractivity contribution is -0.122. The van der Waals surface area contributed by atoms with E-state index in [1.165, 1.54) is 19.3 Å². The highest BCUT2D eigenvalue weighted by Gasteiger charge is 2.35. The molecule has 1 aliphatic carbocycles. The van der Waals surface area contributed by atoms with Gasteiger partial charge in [-0.2, -0.15) is 0 Å². The summed E-state index contributed by atoms with van der Waals surface area (Å²) < 4.78 is 0. The number of rotatable bonds is 2. The molecule has 1 N–H and O–H groups in total. The van der Waals surface area contributed by atoms with Crippen LogP contribution in [0, 0.1) is 5.41 Å². The fourth-order valence-corrected chi connectivity index (χ4v) is 3.48.